The molecule has 3 heteroatoms. The Bertz CT molecular complexity index is 532. The average molecular weight is 269 g/mol. The van der Waals surface area contributed by atoms with Crippen molar-refractivity contribution >= 4 is 0 Å². The van der Waals surface area contributed by atoms with E-state index in [1.807, 2.05) is 12.3 Å². The van der Waals surface area contributed by atoms with Crippen molar-refractivity contribution in [2.24, 2.45) is 11.7 Å². The fourth-order valence-electron chi connectivity index (χ4n) is 2.22. The van der Waals surface area contributed by atoms with E-state index in [9.17, 15) is 0 Å². The lowest BCUT2D eigenvalue weighted by Crippen LogP contribution is -2.03. The minimum Gasteiger partial charge on any atom is -0.330 e. The summed E-state index contributed by atoms with van der Waals surface area (Å²) in [5.74, 6) is 1.56. The van der Waals surface area contributed by atoms with Crippen LogP contribution in [0.4, 0.5) is 0 Å². The Kier molecular flexibility index (Phi) is 5.24. The molecular formula is C17H23N3. The van der Waals surface area contributed by atoms with Crippen LogP contribution >= 0.6 is 0 Å². The largest absolute Gasteiger partial charge is 0.330 e. The summed E-state index contributed by atoms with van der Waals surface area (Å²) in [4.78, 5) is 8.90. The lowest BCUT2D eigenvalue weighted by Gasteiger charge is -2.07. The number of aryl methyl sites for hydroxylation is 1. The molecule has 1 heterocycles. The molecule has 0 radical (unpaired) electrons. The van der Waals surface area contributed by atoms with Gasteiger partial charge in [0.25, 0.3) is 0 Å². The number of nitrogens with zero attached hydrogens (tertiary/aromatic N) is 2. The van der Waals surface area contributed by atoms with E-state index in [0.29, 0.717) is 12.5 Å². The Morgan fingerprint density at radius 1 is 1.10 bits per heavy atom. The summed E-state index contributed by atoms with van der Waals surface area (Å²) < 4.78 is 0. The zero-order valence-electron chi connectivity index (χ0n) is 12.3. The van der Waals surface area contributed by atoms with Crippen molar-refractivity contribution in [2.75, 3.05) is 6.54 Å². The minimum absolute atomic E-state index is 0.678. The van der Waals surface area contributed by atoms with Gasteiger partial charge >= 0.3 is 0 Å². The molecular weight excluding hydrogens is 246 g/mol. The van der Waals surface area contributed by atoms with E-state index >= 15 is 0 Å². The first kappa shape index (κ1) is 14.7. The van der Waals surface area contributed by atoms with Crippen LogP contribution in [0.2, 0.25) is 0 Å². The molecule has 1 aromatic carbocycles. The number of aromatic nitrogens is 2. The predicted octanol–water partition coefficient (Wildman–Crippen LogP) is 3.23. The van der Waals surface area contributed by atoms with Crippen molar-refractivity contribution in [2.45, 2.75) is 33.1 Å². The van der Waals surface area contributed by atoms with Crippen molar-refractivity contribution in [1.29, 1.82) is 0 Å². The van der Waals surface area contributed by atoms with Crippen LogP contribution < -0.4 is 5.73 Å². The molecule has 0 spiro atoms. The van der Waals surface area contributed by atoms with Crippen molar-refractivity contribution in [3.05, 3.63) is 47.9 Å². The molecule has 2 N–H and O–H groups in total. The van der Waals surface area contributed by atoms with Crippen LogP contribution in [-0.2, 0) is 12.8 Å². The Balaban J connectivity index is 2.14. The molecule has 0 aliphatic heterocycles. The van der Waals surface area contributed by atoms with E-state index in [2.05, 4.69) is 48.1 Å². The first-order valence-corrected chi connectivity index (χ1v) is 7.30. The lowest BCUT2D eigenvalue weighted by atomic mass is 10.0. The Morgan fingerprint density at radius 3 is 2.50 bits per heavy atom. The molecule has 1 aromatic heterocycles. The number of nitrogens with two attached hydrogens (primary N) is 1. The zero-order chi connectivity index (χ0) is 14.4. The topological polar surface area (TPSA) is 51.8 Å². The molecule has 0 amide bonds. The van der Waals surface area contributed by atoms with Crippen LogP contribution in [0.3, 0.4) is 0 Å². The molecule has 0 fully saturated rings. The van der Waals surface area contributed by atoms with Gasteiger partial charge in [-0.25, -0.2) is 9.97 Å². The molecule has 0 atom stereocenters. The second kappa shape index (κ2) is 7.15. The van der Waals surface area contributed by atoms with E-state index in [0.717, 1.165) is 36.3 Å². The molecule has 3 nitrogen and oxygen atoms in total. The first-order valence-electron chi connectivity index (χ1n) is 7.30. The van der Waals surface area contributed by atoms with Gasteiger partial charge in [-0.05, 0) is 36.9 Å². The highest BCUT2D eigenvalue weighted by Crippen LogP contribution is 2.18. The van der Waals surface area contributed by atoms with Crippen LogP contribution in [0.5, 0.6) is 0 Å². The van der Waals surface area contributed by atoms with Gasteiger partial charge in [0.15, 0.2) is 0 Å². The molecule has 0 aliphatic carbocycles. The maximum absolute atomic E-state index is 5.53. The molecule has 20 heavy (non-hydrogen) atoms. The zero-order valence-corrected chi connectivity index (χ0v) is 12.3. The predicted molar refractivity (Wildman–Crippen MR) is 83.4 cm³/mol. The van der Waals surface area contributed by atoms with Gasteiger partial charge < -0.3 is 5.73 Å². The summed E-state index contributed by atoms with van der Waals surface area (Å²) in [5, 5.41) is 0. The average Bonchev–Trinajstić information content (AvgIpc) is 2.45. The highest BCUT2D eigenvalue weighted by Gasteiger charge is 2.03. The van der Waals surface area contributed by atoms with E-state index in [-0.39, 0.29) is 0 Å². The third kappa shape index (κ3) is 4.14. The van der Waals surface area contributed by atoms with E-state index in [1.54, 1.807) is 0 Å². The number of hydrogen-bond donors (Lipinski definition) is 1. The van der Waals surface area contributed by atoms with Gasteiger partial charge in [0.05, 0.1) is 5.69 Å². The summed E-state index contributed by atoms with van der Waals surface area (Å²) in [5.41, 5.74) is 9.04. The molecule has 0 unspecified atom stereocenters. The summed E-state index contributed by atoms with van der Waals surface area (Å²) in [7, 11) is 0. The quantitative estimate of drug-likeness (QED) is 0.876. The van der Waals surface area contributed by atoms with Crippen molar-refractivity contribution in [1.82, 2.24) is 9.97 Å². The number of rotatable bonds is 6. The smallest absolute Gasteiger partial charge is 0.128 e. The van der Waals surface area contributed by atoms with Crippen LogP contribution in [0.1, 0.15) is 31.7 Å². The Morgan fingerprint density at radius 2 is 1.85 bits per heavy atom. The number of hydrogen-bond acceptors (Lipinski definition) is 3. The van der Waals surface area contributed by atoms with Gasteiger partial charge in [-0.2, -0.15) is 0 Å². The maximum atomic E-state index is 5.53. The fraction of sp³-hybridized carbons (Fsp3) is 0.412. The second-order valence-corrected chi connectivity index (χ2v) is 5.55. The summed E-state index contributed by atoms with van der Waals surface area (Å²) in [6.45, 7) is 5.15. The highest BCUT2D eigenvalue weighted by molar-refractivity contribution is 5.59. The van der Waals surface area contributed by atoms with Gasteiger partial charge in [0.1, 0.15) is 5.82 Å². The van der Waals surface area contributed by atoms with Crippen molar-refractivity contribution in [3.8, 4) is 11.3 Å². The first-order chi connectivity index (χ1) is 9.69. The van der Waals surface area contributed by atoms with E-state index in [1.165, 1.54) is 5.56 Å². The highest BCUT2D eigenvalue weighted by atomic mass is 14.9. The van der Waals surface area contributed by atoms with Gasteiger partial charge in [-0.15, -0.1) is 0 Å². The monoisotopic (exact) mass is 269 g/mol. The minimum atomic E-state index is 0.678. The molecule has 2 aromatic rings. The number of benzene rings is 1. The second-order valence-electron chi connectivity index (χ2n) is 5.55. The van der Waals surface area contributed by atoms with Crippen LogP contribution in [0, 0.1) is 5.92 Å². The maximum Gasteiger partial charge on any atom is 0.128 e. The normalized spacial score (nSPS) is 11.0. The molecule has 0 saturated heterocycles. The van der Waals surface area contributed by atoms with Crippen LogP contribution in [0.25, 0.3) is 11.3 Å². The third-order valence-electron chi connectivity index (χ3n) is 3.20. The van der Waals surface area contributed by atoms with Gasteiger partial charge in [0.2, 0.25) is 0 Å². The Hall–Kier alpha value is -1.74. The third-order valence-corrected chi connectivity index (χ3v) is 3.20. The van der Waals surface area contributed by atoms with Crippen LogP contribution in [-0.4, -0.2) is 16.5 Å². The Labute approximate surface area is 121 Å². The lowest BCUT2D eigenvalue weighted by molar-refractivity contribution is 0.647. The van der Waals surface area contributed by atoms with Crippen molar-refractivity contribution in [3.63, 3.8) is 0 Å². The van der Waals surface area contributed by atoms with Gasteiger partial charge in [0, 0.05) is 18.2 Å². The molecule has 0 saturated carbocycles. The molecule has 106 valence electrons. The fourth-order valence-corrected chi connectivity index (χ4v) is 2.22. The van der Waals surface area contributed by atoms with Gasteiger partial charge in [-0.1, -0.05) is 38.1 Å². The van der Waals surface area contributed by atoms with Gasteiger partial charge in [-0.3, -0.25) is 0 Å². The van der Waals surface area contributed by atoms with Crippen LogP contribution in [0.15, 0.2) is 36.5 Å². The molecule has 0 bridgehead atoms. The summed E-state index contributed by atoms with van der Waals surface area (Å²) >= 11 is 0. The molecule has 0 aliphatic rings. The van der Waals surface area contributed by atoms with Crippen molar-refractivity contribution < 1.29 is 0 Å². The summed E-state index contributed by atoms with van der Waals surface area (Å²) in [6.07, 6.45) is 4.72. The molecule has 2 rings (SSSR count). The summed E-state index contributed by atoms with van der Waals surface area (Å²) in [6, 6.07) is 10.6. The van der Waals surface area contributed by atoms with E-state index in [4.69, 9.17) is 5.73 Å². The SMILES string of the molecule is CC(C)Cc1ccc(-c2ccnc(CCCN)n2)cc1. The van der Waals surface area contributed by atoms with E-state index < -0.39 is 0 Å². The standard InChI is InChI=1S/C17H23N3/c1-13(2)12-14-5-7-15(8-6-14)16-9-11-19-17(20-16)4-3-10-18/h5-9,11,13H,3-4,10,12,18H2,1-2H3.